The summed E-state index contributed by atoms with van der Waals surface area (Å²) in [5.74, 6) is 0.796. The molecule has 1 aromatic carbocycles. The van der Waals surface area contributed by atoms with Crippen molar-refractivity contribution in [3.05, 3.63) is 52.2 Å². The topological polar surface area (TPSA) is 59.0 Å². The van der Waals surface area contributed by atoms with Crippen LogP contribution in [0.2, 0.25) is 0 Å². The summed E-state index contributed by atoms with van der Waals surface area (Å²) in [6, 6.07) is 11.2. The van der Waals surface area contributed by atoms with E-state index in [2.05, 4.69) is 5.10 Å². The number of rotatable bonds is 5. The summed E-state index contributed by atoms with van der Waals surface area (Å²) in [4.78, 5) is 1.00. The standard InChI is InChI=1S/C16H18N2O3S2/c1-3-21-13-8-6-12(7-9-13)14-11-15(16-5-4-10-22-16)18(17-14)23(2,19)20/h4-10,15H,3,11H2,1-2H3. The van der Waals surface area contributed by atoms with Gasteiger partial charge < -0.3 is 4.74 Å². The van der Waals surface area contributed by atoms with Gasteiger partial charge in [-0.15, -0.1) is 11.3 Å². The second kappa shape index (κ2) is 6.33. The van der Waals surface area contributed by atoms with Crippen LogP contribution in [-0.4, -0.2) is 31.4 Å². The molecule has 1 aromatic heterocycles. The monoisotopic (exact) mass is 350 g/mol. The van der Waals surface area contributed by atoms with E-state index >= 15 is 0 Å². The van der Waals surface area contributed by atoms with E-state index in [1.807, 2.05) is 48.7 Å². The molecule has 0 spiro atoms. The molecule has 3 rings (SSSR count). The number of hydrazone groups is 1. The van der Waals surface area contributed by atoms with Gasteiger partial charge in [-0.1, -0.05) is 6.07 Å². The van der Waals surface area contributed by atoms with Gasteiger partial charge in [-0.25, -0.2) is 8.42 Å². The van der Waals surface area contributed by atoms with E-state index < -0.39 is 10.0 Å². The molecule has 5 nitrogen and oxygen atoms in total. The number of thiophene rings is 1. The molecule has 1 atom stereocenters. The molecular formula is C16H18N2O3S2. The molecule has 1 aliphatic heterocycles. The van der Waals surface area contributed by atoms with Crippen LogP contribution >= 0.6 is 11.3 Å². The normalized spacial score (nSPS) is 18.1. The van der Waals surface area contributed by atoms with Crippen LogP contribution in [0.3, 0.4) is 0 Å². The zero-order valence-corrected chi connectivity index (χ0v) is 14.6. The first-order valence-corrected chi connectivity index (χ1v) is 10.1. The largest absolute Gasteiger partial charge is 0.494 e. The lowest BCUT2D eigenvalue weighted by Gasteiger charge is -2.19. The van der Waals surface area contributed by atoms with Crippen LogP contribution in [0.4, 0.5) is 0 Å². The molecule has 1 unspecified atom stereocenters. The Labute approximate surface area is 140 Å². The summed E-state index contributed by atoms with van der Waals surface area (Å²) >= 11 is 1.55. The smallest absolute Gasteiger partial charge is 0.247 e. The van der Waals surface area contributed by atoms with E-state index in [0.29, 0.717) is 13.0 Å². The van der Waals surface area contributed by atoms with Gasteiger partial charge in [0.2, 0.25) is 10.0 Å². The fraction of sp³-hybridized carbons (Fsp3) is 0.312. The molecule has 0 amide bonds. The lowest BCUT2D eigenvalue weighted by molar-refractivity contribution is 0.340. The van der Waals surface area contributed by atoms with Crippen molar-refractivity contribution in [1.29, 1.82) is 0 Å². The first kappa shape index (κ1) is 16.0. The second-order valence-corrected chi connectivity index (χ2v) is 8.09. The van der Waals surface area contributed by atoms with Crippen LogP contribution < -0.4 is 4.74 Å². The Morgan fingerprint density at radius 1 is 1.30 bits per heavy atom. The third kappa shape index (κ3) is 3.40. The Morgan fingerprint density at radius 2 is 2.04 bits per heavy atom. The SMILES string of the molecule is CCOc1ccc(C2=NN(S(C)(=O)=O)C(c3cccs3)C2)cc1. The number of hydrogen-bond acceptors (Lipinski definition) is 5. The molecule has 0 radical (unpaired) electrons. The zero-order valence-electron chi connectivity index (χ0n) is 13.0. The fourth-order valence-corrected chi connectivity index (χ4v) is 4.35. The van der Waals surface area contributed by atoms with E-state index in [4.69, 9.17) is 4.74 Å². The highest BCUT2D eigenvalue weighted by atomic mass is 32.2. The van der Waals surface area contributed by atoms with Crippen LogP contribution in [-0.2, 0) is 10.0 Å². The summed E-state index contributed by atoms with van der Waals surface area (Å²) in [5, 5.41) is 6.32. The lowest BCUT2D eigenvalue weighted by atomic mass is 10.0. The van der Waals surface area contributed by atoms with Gasteiger partial charge in [0.1, 0.15) is 11.8 Å². The molecule has 0 saturated carbocycles. The van der Waals surface area contributed by atoms with Crippen molar-refractivity contribution in [2.45, 2.75) is 19.4 Å². The van der Waals surface area contributed by atoms with Crippen molar-refractivity contribution in [2.75, 3.05) is 12.9 Å². The molecule has 0 N–H and O–H groups in total. The average molecular weight is 350 g/mol. The van der Waals surface area contributed by atoms with Gasteiger partial charge in [0.05, 0.1) is 18.6 Å². The Bertz CT molecular complexity index is 796. The second-order valence-electron chi connectivity index (χ2n) is 5.27. The van der Waals surface area contributed by atoms with Gasteiger partial charge in [0, 0.05) is 11.3 Å². The lowest BCUT2D eigenvalue weighted by Crippen LogP contribution is -2.25. The minimum atomic E-state index is -3.41. The highest BCUT2D eigenvalue weighted by Gasteiger charge is 2.34. The molecule has 0 fully saturated rings. The fourth-order valence-electron chi connectivity index (χ4n) is 2.57. The summed E-state index contributed by atoms with van der Waals surface area (Å²) in [6.07, 6.45) is 1.76. The summed E-state index contributed by atoms with van der Waals surface area (Å²) < 4.78 is 30.8. The van der Waals surface area contributed by atoms with E-state index in [0.717, 1.165) is 21.9 Å². The van der Waals surface area contributed by atoms with Crippen molar-refractivity contribution in [1.82, 2.24) is 4.41 Å². The maximum absolute atomic E-state index is 12.1. The van der Waals surface area contributed by atoms with E-state index in [1.54, 1.807) is 11.3 Å². The molecular weight excluding hydrogens is 332 g/mol. The Balaban J connectivity index is 1.91. The van der Waals surface area contributed by atoms with Crippen LogP contribution in [0, 0.1) is 0 Å². The average Bonchev–Trinajstić information content (AvgIpc) is 3.17. The van der Waals surface area contributed by atoms with Crippen molar-refractivity contribution < 1.29 is 13.2 Å². The predicted molar refractivity (Wildman–Crippen MR) is 92.5 cm³/mol. The van der Waals surface area contributed by atoms with Gasteiger partial charge >= 0.3 is 0 Å². The van der Waals surface area contributed by atoms with Gasteiger partial charge in [-0.2, -0.15) is 9.52 Å². The number of sulfonamides is 1. The van der Waals surface area contributed by atoms with Crippen LogP contribution in [0.15, 0.2) is 46.9 Å². The van der Waals surface area contributed by atoms with Gasteiger partial charge in [-0.05, 0) is 48.2 Å². The Kier molecular flexibility index (Phi) is 4.41. The maximum atomic E-state index is 12.1. The third-order valence-electron chi connectivity index (χ3n) is 3.58. The third-order valence-corrected chi connectivity index (χ3v) is 5.57. The molecule has 23 heavy (non-hydrogen) atoms. The predicted octanol–water partition coefficient (Wildman–Crippen LogP) is 3.26. The van der Waals surface area contributed by atoms with E-state index in [1.165, 1.54) is 10.7 Å². The molecule has 2 aromatic rings. The molecule has 1 aliphatic rings. The molecule has 7 heteroatoms. The summed E-state index contributed by atoms with van der Waals surface area (Å²) in [5.41, 5.74) is 1.69. The minimum Gasteiger partial charge on any atom is -0.494 e. The van der Waals surface area contributed by atoms with Crippen LogP contribution in [0.25, 0.3) is 0 Å². The molecule has 0 saturated heterocycles. The zero-order chi connectivity index (χ0) is 16.4. The highest BCUT2D eigenvalue weighted by molar-refractivity contribution is 7.88. The van der Waals surface area contributed by atoms with Gasteiger partial charge in [0.15, 0.2) is 0 Å². The molecule has 0 aliphatic carbocycles. The first-order chi connectivity index (χ1) is 11.0. The van der Waals surface area contributed by atoms with Crippen molar-refractivity contribution in [3.8, 4) is 5.75 Å². The maximum Gasteiger partial charge on any atom is 0.247 e. The summed E-state index contributed by atoms with van der Waals surface area (Å²) in [6.45, 7) is 2.55. The van der Waals surface area contributed by atoms with Gasteiger partial charge in [-0.3, -0.25) is 0 Å². The molecule has 2 heterocycles. The number of nitrogens with zero attached hydrogens (tertiary/aromatic N) is 2. The quantitative estimate of drug-likeness (QED) is 0.832. The highest BCUT2D eigenvalue weighted by Crippen LogP contribution is 2.36. The first-order valence-electron chi connectivity index (χ1n) is 7.32. The Morgan fingerprint density at radius 3 is 2.61 bits per heavy atom. The Hall–Kier alpha value is -1.86. The van der Waals surface area contributed by atoms with E-state index in [9.17, 15) is 8.42 Å². The number of hydrogen-bond donors (Lipinski definition) is 0. The number of benzene rings is 1. The molecule has 122 valence electrons. The van der Waals surface area contributed by atoms with Crippen LogP contribution in [0.5, 0.6) is 5.75 Å². The van der Waals surface area contributed by atoms with Gasteiger partial charge in [0.25, 0.3) is 0 Å². The van der Waals surface area contributed by atoms with E-state index in [-0.39, 0.29) is 6.04 Å². The summed E-state index contributed by atoms with van der Waals surface area (Å²) in [7, 11) is -3.41. The van der Waals surface area contributed by atoms with Crippen molar-refractivity contribution in [2.24, 2.45) is 5.10 Å². The van der Waals surface area contributed by atoms with Crippen LogP contribution in [0.1, 0.15) is 29.8 Å². The van der Waals surface area contributed by atoms with Crippen molar-refractivity contribution >= 4 is 27.1 Å². The van der Waals surface area contributed by atoms with Crippen molar-refractivity contribution in [3.63, 3.8) is 0 Å². The minimum absolute atomic E-state index is 0.258. The molecule has 0 bridgehead atoms. The number of ether oxygens (including phenoxy) is 1.